The van der Waals surface area contributed by atoms with Gasteiger partial charge in [0.2, 0.25) is 0 Å². The van der Waals surface area contributed by atoms with Crippen LogP contribution < -0.4 is 0 Å². The van der Waals surface area contributed by atoms with Crippen LogP contribution >= 0.6 is 34.2 Å². The van der Waals surface area contributed by atoms with Gasteiger partial charge in [-0.05, 0) is 40.6 Å². The molecule has 5 heteroatoms. The first kappa shape index (κ1) is 12.7. The van der Waals surface area contributed by atoms with Gasteiger partial charge in [-0.2, -0.15) is 0 Å². The molecule has 17 heavy (non-hydrogen) atoms. The third kappa shape index (κ3) is 2.74. The van der Waals surface area contributed by atoms with Crippen LogP contribution in [0.3, 0.4) is 0 Å². The number of rotatable bonds is 2. The first-order chi connectivity index (χ1) is 8.09. The summed E-state index contributed by atoms with van der Waals surface area (Å²) in [6.07, 6.45) is 1.72. The standard InChI is InChI=1S/C12H11ClIN3/c1-7(2)10-9(14)11(13)17-12(16-10)8-5-3-4-6-15-8/h3-7H,1-2H3. The Labute approximate surface area is 119 Å². The molecule has 0 spiro atoms. The van der Waals surface area contributed by atoms with Gasteiger partial charge in [-0.25, -0.2) is 9.97 Å². The molecule has 0 amide bonds. The normalized spacial score (nSPS) is 10.9. The van der Waals surface area contributed by atoms with E-state index in [0.717, 1.165) is 15.0 Å². The zero-order chi connectivity index (χ0) is 12.4. The molecule has 2 rings (SSSR count). The molecular formula is C12H11ClIN3. The molecule has 0 bridgehead atoms. The molecule has 0 unspecified atom stereocenters. The first-order valence-electron chi connectivity index (χ1n) is 5.24. The highest BCUT2D eigenvalue weighted by Crippen LogP contribution is 2.27. The van der Waals surface area contributed by atoms with Crippen LogP contribution in [0.25, 0.3) is 11.5 Å². The summed E-state index contributed by atoms with van der Waals surface area (Å²) in [7, 11) is 0. The molecule has 2 aromatic heterocycles. The van der Waals surface area contributed by atoms with Crippen LogP contribution in [-0.2, 0) is 0 Å². The van der Waals surface area contributed by atoms with E-state index in [1.165, 1.54) is 0 Å². The molecule has 2 aromatic rings. The van der Waals surface area contributed by atoms with Gasteiger partial charge in [-0.1, -0.05) is 31.5 Å². The average molecular weight is 360 g/mol. The fourth-order valence-electron chi connectivity index (χ4n) is 1.43. The van der Waals surface area contributed by atoms with Crippen molar-refractivity contribution in [1.82, 2.24) is 15.0 Å². The van der Waals surface area contributed by atoms with Crippen molar-refractivity contribution in [2.45, 2.75) is 19.8 Å². The summed E-state index contributed by atoms with van der Waals surface area (Å²) in [5.41, 5.74) is 1.71. The van der Waals surface area contributed by atoms with Crippen LogP contribution in [0.4, 0.5) is 0 Å². The van der Waals surface area contributed by atoms with Crippen molar-refractivity contribution in [1.29, 1.82) is 0 Å². The van der Waals surface area contributed by atoms with Gasteiger partial charge in [0.05, 0.1) is 9.26 Å². The summed E-state index contributed by atoms with van der Waals surface area (Å²) in [6.45, 7) is 4.17. The Kier molecular flexibility index (Phi) is 3.93. The number of hydrogen-bond acceptors (Lipinski definition) is 3. The maximum Gasteiger partial charge on any atom is 0.179 e. The predicted octanol–water partition coefficient (Wildman–Crippen LogP) is 3.92. The summed E-state index contributed by atoms with van der Waals surface area (Å²) in [6, 6.07) is 5.65. The van der Waals surface area contributed by atoms with Crippen LogP contribution in [0.5, 0.6) is 0 Å². The van der Waals surface area contributed by atoms with Gasteiger partial charge in [0.1, 0.15) is 10.8 Å². The molecule has 2 heterocycles. The van der Waals surface area contributed by atoms with Gasteiger partial charge in [-0.3, -0.25) is 4.98 Å². The molecular weight excluding hydrogens is 349 g/mol. The number of nitrogens with zero attached hydrogens (tertiary/aromatic N) is 3. The lowest BCUT2D eigenvalue weighted by Crippen LogP contribution is -2.03. The van der Waals surface area contributed by atoms with Crippen molar-refractivity contribution in [3.63, 3.8) is 0 Å². The Bertz CT molecular complexity index is 529. The molecule has 0 aliphatic carbocycles. The van der Waals surface area contributed by atoms with Crippen LogP contribution in [0, 0.1) is 3.57 Å². The second-order valence-electron chi connectivity index (χ2n) is 3.91. The quantitative estimate of drug-likeness (QED) is 0.602. The van der Waals surface area contributed by atoms with E-state index in [0.29, 0.717) is 16.9 Å². The third-order valence-electron chi connectivity index (χ3n) is 2.28. The molecule has 0 saturated heterocycles. The zero-order valence-corrected chi connectivity index (χ0v) is 12.4. The van der Waals surface area contributed by atoms with Gasteiger partial charge in [0.25, 0.3) is 0 Å². The average Bonchev–Trinajstić information content (AvgIpc) is 2.33. The largest absolute Gasteiger partial charge is 0.253 e. The van der Waals surface area contributed by atoms with Crippen molar-refractivity contribution in [3.05, 3.63) is 38.8 Å². The number of halogens is 2. The van der Waals surface area contributed by atoms with E-state index in [2.05, 4.69) is 51.4 Å². The molecule has 0 N–H and O–H groups in total. The lowest BCUT2D eigenvalue weighted by atomic mass is 10.1. The van der Waals surface area contributed by atoms with E-state index in [-0.39, 0.29) is 0 Å². The van der Waals surface area contributed by atoms with Crippen LogP contribution in [-0.4, -0.2) is 15.0 Å². The molecule has 3 nitrogen and oxygen atoms in total. The number of hydrogen-bond donors (Lipinski definition) is 0. The van der Waals surface area contributed by atoms with E-state index in [1.807, 2.05) is 18.2 Å². The molecule has 0 fully saturated rings. The summed E-state index contributed by atoms with van der Waals surface area (Å²) >= 11 is 8.31. The Morgan fingerprint density at radius 1 is 1.24 bits per heavy atom. The molecule has 0 atom stereocenters. The highest BCUT2D eigenvalue weighted by atomic mass is 127. The number of pyridine rings is 1. The zero-order valence-electron chi connectivity index (χ0n) is 9.48. The van der Waals surface area contributed by atoms with Crippen molar-refractivity contribution in [3.8, 4) is 11.5 Å². The van der Waals surface area contributed by atoms with Crippen LogP contribution in [0.2, 0.25) is 5.15 Å². The van der Waals surface area contributed by atoms with Crippen molar-refractivity contribution < 1.29 is 0 Å². The molecule has 88 valence electrons. The summed E-state index contributed by atoms with van der Waals surface area (Å²) in [4.78, 5) is 13.0. The SMILES string of the molecule is CC(C)c1nc(-c2ccccn2)nc(Cl)c1I. The second kappa shape index (κ2) is 5.27. The van der Waals surface area contributed by atoms with Crippen molar-refractivity contribution in [2.75, 3.05) is 0 Å². The minimum absolute atomic E-state index is 0.310. The lowest BCUT2D eigenvalue weighted by Gasteiger charge is -2.10. The van der Waals surface area contributed by atoms with Crippen LogP contribution in [0.1, 0.15) is 25.5 Å². The smallest absolute Gasteiger partial charge is 0.179 e. The number of aromatic nitrogens is 3. The molecule has 0 aliphatic heterocycles. The maximum absolute atomic E-state index is 6.13. The van der Waals surface area contributed by atoms with Crippen molar-refractivity contribution in [2.24, 2.45) is 0 Å². The molecule has 0 saturated carbocycles. The predicted molar refractivity (Wildman–Crippen MR) is 77.1 cm³/mol. The van der Waals surface area contributed by atoms with E-state index in [1.54, 1.807) is 6.20 Å². The lowest BCUT2D eigenvalue weighted by molar-refractivity contribution is 0.807. The van der Waals surface area contributed by atoms with E-state index >= 15 is 0 Å². The fourth-order valence-corrected chi connectivity index (χ4v) is 2.47. The first-order valence-corrected chi connectivity index (χ1v) is 6.69. The van der Waals surface area contributed by atoms with Crippen molar-refractivity contribution >= 4 is 34.2 Å². The monoisotopic (exact) mass is 359 g/mol. The Morgan fingerprint density at radius 2 is 2.00 bits per heavy atom. The molecule has 0 aromatic carbocycles. The third-order valence-corrected chi connectivity index (χ3v) is 3.93. The molecule has 0 aliphatic rings. The Hall–Kier alpha value is -0.750. The second-order valence-corrected chi connectivity index (χ2v) is 5.34. The van der Waals surface area contributed by atoms with Gasteiger partial charge in [0, 0.05) is 6.20 Å². The van der Waals surface area contributed by atoms with Gasteiger partial charge in [0.15, 0.2) is 5.82 Å². The topological polar surface area (TPSA) is 38.7 Å². The Balaban J connectivity index is 2.57. The Morgan fingerprint density at radius 3 is 2.59 bits per heavy atom. The fraction of sp³-hybridized carbons (Fsp3) is 0.250. The van der Waals surface area contributed by atoms with Gasteiger partial charge in [-0.15, -0.1) is 0 Å². The summed E-state index contributed by atoms with van der Waals surface area (Å²) in [5, 5.41) is 0.491. The highest BCUT2D eigenvalue weighted by Gasteiger charge is 2.14. The summed E-state index contributed by atoms with van der Waals surface area (Å²) < 4.78 is 0.916. The van der Waals surface area contributed by atoms with Gasteiger partial charge < -0.3 is 0 Å². The maximum atomic E-state index is 6.13. The summed E-state index contributed by atoms with van der Waals surface area (Å²) in [5.74, 6) is 0.893. The highest BCUT2D eigenvalue weighted by molar-refractivity contribution is 14.1. The van der Waals surface area contributed by atoms with E-state index < -0.39 is 0 Å². The minimum Gasteiger partial charge on any atom is -0.253 e. The van der Waals surface area contributed by atoms with E-state index in [4.69, 9.17) is 11.6 Å². The molecule has 0 radical (unpaired) electrons. The van der Waals surface area contributed by atoms with E-state index in [9.17, 15) is 0 Å². The van der Waals surface area contributed by atoms with Gasteiger partial charge >= 0.3 is 0 Å². The minimum atomic E-state index is 0.310. The van der Waals surface area contributed by atoms with Crippen LogP contribution in [0.15, 0.2) is 24.4 Å².